The van der Waals surface area contributed by atoms with Crippen LogP contribution in [0.4, 0.5) is 11.6 Å². The number of nitrogens with one attached hydrogen (secondary N) is 2. The largest absolute Gasteiger partial charge is 0.495 e. The van der Waals surface area contributed by atoms with Gasteiger partial charge < -0.3 is 20.3 Å². The van der Waals surface area contributed by atoms with Crippen LogP contribution in [-0.2, 0) is 11.2 Å². The summed E-state index contributed by atoms with van der Waals surface area (Å²) in [7, 11) is 1.54. The van der Waals surface area contributed by atoms with Crippen LogP contribution in [-0.4, -0.2) is 49.2 Å². The molecule has 132 valence electrons. The zero-order chi connectivity index (χ0) is 17.6. The van der Waals surface area contributed by atoms with E-state index in [1.54, 1.807) is 37.7 Å². The van der Waals surface area contributed by atoms with Crippen molar-refractivity contribution < 1.29 is 9.53 Å². The van der Waals surface area contributed by atoms with Gasteiger partial charge in [0.2, 0.25) is 11.9 Å². The number of nitrogens with zero attached hydrogens (tertiary/aromatic N) is 3. The van der Waals surface area contributed by atoms with E-state index in [0.29, 0.717) is 22.4 Å². The predicted octanol–water partition coefficient (Wildman–Crippen LogP) is 1.73. The molecule has 1 aliphatic heterocycles. The van der Waals surface area contributed by atoms with Crippen LogP contribution in [0.2, 0.25) is 5.02 Å². The number of hydrogen-bond acceptors (Lipinski definition) is 6. The van der Waals surface area contributed by atoms with E-state index < -0.39 is 0 Å². The molecule has 3 rings (SSSR count). The molecule has 8 heteroatoms. The fourth-order valence-corrected chi connectivity index (χ4v) is 2.81. The number of aromatic nitrogens is 2. The van der Waals surface area contributed by atoms with Gasteiger partial charge in [-0.3, -0.25) is 4.79 Å². The highest BCUT2D eigenvalue weighted by Gasteiger charge is 2.13. The van der Waals surface area contributed by atoms with Crippen LogP contribution >= 0.6 is 11.6 Å². The maximum atomic E-state index is 12.2. The highest BCUT2D eigenvalue weighted by atomic mass is 35.5. The molecule has 0 atom stereocenters. The Bertz CT molecular complexity index is 732. The number of carbonyl (C=O) groups excluding carboxylic acids is 1. The second-order valence-corrected chi connectivity index (χ2v) is 6.11. The number of ether oxygens (including phenoxy) is 1. The lowest BCUT2D eigenvalue weighted by molar-refractivity contribution is -0.115. The molecule has 1 fully saturated rings. The van der Waals surface area contributed by atoms with Gasteiger partial charge in [0.1, 0.15) is 5.75 Å². The molecule has 1 amide bonds. The van der Waals surface area contributed by atoms with Crippen molar-refractivity contribution in [2.45, 2.75) is 6.42 Å². The first-order valence-electron chi connectivity index (χ1n) is 8.05. The Kier molecular flexibility index (Phi) is 5.67. The molecule has 2 heterocycles. The van der Waals surface area contributed by atoms with Crippen LogP contribution in [0.1, 0.15) is 5.56 Å². The lowest BCUT2D eigenvalue weighted by Crippen LogP contribution is -2.44. The molecule has 1 aliphatic rings. The van der Waals surface area contributed by atoms with Crippen LogP contribution in [0, 0.1) is 0 Å². The van der Waals surface area contributed by atoms with E-state index in [0.717, 1.165) is 31.7 Å². The Morgan fingerprint density at radius 1 is 1.32 bits per heavy atom. The molecule has 0 spiro atoms. The second-order valence-electron chi connectivity index (χ2n) is 5.70. The molecular formula is C17H20ClN5O2. The van der Waals surface area contributed by atoms with Gasteiger partial charge in [0.15, 0.2) is 0 Å². The van der Waals surface area contributed by atoms with Crippen molar-refractivity contribution in [3.63, 3.8) is 0 Å². The summed E-state index contributed by atoms with van der Waals surface area (Å²) in [5.41, 5.74) is 1.39. The third-order valence-corrected chi connectivity index (χ3v) is 4.21. The molecule has 1 saturated heterocycles. The quantitative estimate of drug-likeness (QED) is 0.844. The molecule has 0 saturated carbocycles. The third-order valence-electron chi connectivity index (χ3n) is 3.90. The van der Waals surface area contributed by atoms with Gasteiger partial charge in [-0.05, 0) is 17.7 Å². The Morgan fingerprint density at radius 2 is 2.04 bits per heavy atom. The Hall–Kier alpha value is -2.38. The lowest BCUT2D eigenvalue weighted by Gasteiger charge is -2.27. The minimum absolute atomic E-state index is 0.150. The van der Waals surface area contributed by atoms with Gasteiger partial charge in [-0.2, -0.15) is 0 Å². The molecule has 0 bridgehead atoms. The number of rotatable bonds is 5. The van der Waals surface area contributed by atoms with E-state index in [4.69, 9.17) is 16.3 Å². The summed E-state index contributed by atoms with van der Waals surface area (Å²) in [6, 6.07) is 5.27. The van der Waals surface area contributed by atoms with E-state index in [2.05, 4.69) is 25.5 Å². The topological polar surface area (TPSA) is 79.4 Å². The minimum atomic E-state index is -0.150. The normalized spacial score (nSPS) is 14.2. The highest BCUT2D eigenvalue weighted by molar-refractivity contribution is 6.32. The van der Waals surface area contributed by atoms with E-state index >= 15 is 0 Å². The van der Waals surface area contributed by atoms with Crippen molar-refractivity contribution in [3.05, 3.63) is 41.2 Å². The highest BCUT2D eigenvalue weighted by Crippen LogP contribution is 2.25. The zero-order valence-corrected chi connectivity index (χ0v) is 14.7. The second kappa shape index (κ2) is 8.13. The summed E-state index contributed by atoms with van der Waals surface area (Å²) >= 11 is 5.99. The third kappa shape index (κ3) is 4.58. The van der Waals surface area contributed by atoms with Crippen molar-refractivity contribution in [3.8, 4) is 5.75 Å². The number of halogens is 1. The van der Waals surface area contributed by atoms with E-state index in [-0.39, 0.29) is 12.3 Å². The summed E-state index contributed by atoms with van der Waals surface area (Å²) in [6.45, 7) is 3.60. The number of methoxy groups -OCH3 is 1. The van der Waals surface area contributed by atoms with Gasteiger partial charge in [0, 0.05) is 26.2 Å². The number of hydrogen-bond donors (Lipinski definition) is 2. The van der Waals surface area contributed by atoms with Gasteiger partial charge in [0.25, 0.3) is 0 Å². The fraction of sp³-hybridized carbons (Fsp3) is 0.353. The van der Waals surface area contributed by atoms with Gasteiger partial charge in [-0.25, -0.2) is 9.97 Å². The maximum Gasteiger partial charge on any atom is 0.228 e. The van der Waals surface area contributed by atoms with Crippen LogP contribution in [0.3, 0.4) is 0 Å². The average Bonchev–Trinajstić information content (AvgIpc) is 2.64. The van der Waals surface area contributed by atoms with Gasteiger partial charge >= 0.3 is 0 Å². The number of carbonyl (C=O) groups is 1. The first kappa shape index (κ1) is 17.4. The summed E-state index contributed by atoms with van der Waals surface area (Å²) in [6.07, 6.45) is 3.47. The van der Waals surface area contributed by atoms with Gasteiger partial charge in [-0.15, -0.1) is 0 Å². The number of benzene rings is 1. The van der Waals surface area contributed by atoms with Crippen molar-refractivity contribution in [1.29, 1.82) is 0 Å². The molecule has 25 heavy (non-hydrogen) atoms. The molecule has 7 nitrogen and oxygen atoms in total. The van der Waals surface area contributed by atoms with Crippen molar-refractivity contribution in [1.82, 2.24) is 15.3 Å². The minimum Gasteiger partial charge on any atom is -0.495 e. The first-order chi connectivity index (χ1) is 12.2. The smallest absolute Gasteiger partial charge is 0.228 e. The van der Waals surface area contributed by atoms with Crippen LogP contribution in [0.25, 0.3) is 0 Å². The van der Waals surface area contributed by atoms with Gasteiger partial charge in [-0.1, -0.05) is 17.7 Å². The molecule has 0 radical (unpaired) electrons. The van der Waals surface area contributed by atoms with E-state index in [1.807, 2.05) is 0 Å². The molecule has 1 aromatic heterocycles. The SMILES string of the molecule is COc1cc(CC(=O)Nc2cnc(N3CCNCC3)nc2)ccc1Cl. The predicted molar refractivity (Wildman–Crippen MR) is 97.5 cm³/mol. The standard InChI is InChI=1S/C17H20ClN5O2/c1-25-15-8-12(2-3-14(15)18)9-16(24)22-13-10-20-17(21-11-13)23-6-4-19-5-7-23/h2-3,8,10-11,19H,4-7,9H2,1H3,(H,22,24). The Morgan fingerprint density at radius 3 is 2.72 bits per heavy atom. The first-order valence-corrected chi connectivity index (χ1v) is 8.43. The maximum absolute atomic E-state index is 12.2. The van der Waals surface area contributed by atoms with Crippen LogP contribution in [0.5, 0.6) is 5.75 Å². The molecule has 1 aromatic carbocycles. The molecule has 0 aliphatic carbocycles. The van der Waals surface area contributed by atoms with Crippen LogP contribution in [0.15, 0.2) is 30.6 Å². The summed E-state index contributed by atoms with van der Waals surface area (Å²) < 4.78 is 5.16. The number of amides is 1. The molecule has 2 aromatic rings. The summed E-state index contributed by atoms with van der Waals surface area (Å²) in [4.78, 5) is 23.0. The summed E-state index contributed by atoms with van der Waals surface area (Å²) in [5, 5.41) is 6.61. The molecule has 0 unspecified atom stereocenters. The lowest BCUT2D eigenvalue weighted by atomic mass is 10.1. The van der Waals surface area contributed by atoms with E-state index in [1.165, 1.54) is 0 Å². The van der Waals surface area contributed by atoms with Crippen molar-refractivity contribution in [2.75, 3.05) is 43.5 Å². The van der Waals surface area contributed by atoms with Crippen molar-refractivity contribution >= 4 is 29.1 Å². The monoisotopic (exact) mass is 361 g/mol. The Balaban J connectivity index is 1.59. The molecule has 2 N–H and O–H groups in total. The Labute approximate surface area is 151 Å². The summed E-state index contributed by atoms with van der Waals surface area (Å²) in [5.74, 6) is 1.08. The van der Waals surface area contributed by atoms with E-state index in [9.17, 15) is 4.79 Å². The average molecular weight is 362 g/mol. The number of piperazine rings is 1. The number of anilines is 2. The molecular weight excluding hydrogens is 342 g/mol. The van der Waals surface area contributed by atoms with Crippen LogP contribution < -0.4 is 20.3 Å². The van der Waals surface area contributed by atoms with Gasteiger partial charge in [0.05, 0.1) is 36.6 Å². The van der Waals surface area contributed by atoms with Crippen molar-refractivity contribution in [2.24, 2.45) is 0 Å². The zero-order valence-electron chi connectivity index (χ0n) is 14.0. The fourth-order valence-electron chi connectivity index (χ4n) is 2.62.